The fraction of sp³-hybridized carbons (Fsp3) is 0.538. The number of nitrogens with zero attached hydrogens (tertiary/aromatic N) is 2. The number of nitrogens with one attached hydrogen (secondary N) is 2. The van der Waals surface area contributed by atoms with Gasteiger partial charge in [0.1, 0.15) is 11.9 Å². The van der Waals surface area contributed by atoms with E-state index < -0.39 is 12.2 Å². The van der Waals surface area contributed by atoms with Crippen molar-refractivity contribution in [3.8, 4) is 10.4 Å². The van der Waals surface area contributed by atoms with Crippen LogP contribution in [-0.4, -0.2) is 39.9 Å². The topological polar surface area (TPSA) is 70.1 Å². The van der Waals surface area contributed by atoms with E-state index in [0.29, 0.717) is 17.4 Å². The Morgan fingerprint density at radius 3 is 2.51 bits per heavy atom. The van der Waals surface area contributed by atoms with Crippen LogP contribution in [0.3, 0.4) is 0 Å². The lowest BCUT2D eigenvalue weighted by Crippen LogP contribution is -2.34. The summed E-state index contributed by atoms with van der Waals surface area (Å²) in [5, 5.41) is 17.0. The molecule has 1 aliphatic carbocycles. The normalized spacial score (nSPS) is 23.6. The van der Waals surface area contributed by atoms with E-state index in [2.05, 4.69) is 53.5 Å². The van der Waals surface area contributed by atoms with Crippen LogP contribution in [0.2, 0.25) is 0 Å². The summed E-state index contributed by atoms with van der Waals surface area (Å²) in [6.07, 6.45) is -2.82. The maximum Gasteiger partial charge on any atom is 0.408 e. The molecule has 0 aliphatic heterocycles. The fourth-order valence-electron chi connectivity index (χ4n) is 5.10. The Bertz CT molecular complexity index is 1200. The van der Waals surface area contributed by atoms with Crippen molar-refractivity contribution in [1.29, 1.82) is 0 Å². The number of anilines is 2. The molecule has 5 unspecified atom stereocenters. The highest BCUT2D eigenvalue weighted by Gasteiger charge is 2.39. The minimum atomic E-state index is -4.41. The molecule has 5 nitrogen and oxygen atoms in total. The molecule has 4 rings (SSSR count). The number of alkyl halides is 3. The Kier molecular flexibility index (Phi) is 7.29. The van der Waals surface area contributed by atoms with Gasteiger partial charge in [-0.05, 0) is 61.5 Å². The van der Waals surface area contributed by atoms with Crippen LogP contribution in [0.15, 0.2) is 24.3 Å². The van der Waals surface area contributed by atoms with Gasteiger partial charge >= 0.3 is 6.18 Å². The number of aromatic nitrogens is 2. The summed E-state index contributed by atoms with van der Waals surface area (Å²) in [6.45, 7) is 9.40. The molecule has 35 heavy (non-hydrogen) atoms. The number of rotatable bonds is 7. The van der Waals surface area contributed by atoms with Gasteiger partial charge in [-0.25, -0.2) is 4.98 Å². The molecule has 0 spiro atoms. The molecule has 1 aliphatic rings. The van der Waals surface area contributed by atoms with Crippen LogP contribution in [0, 0.1) is 24.7 Å². The number of fused-ring (bicyclic) bond motifs is 1. The highest BCUT2D eigenvalue weighted by Crippen LogP contribution is 2.45. The molecule has 0 radical (unpaired) electrons. The smallest absolute Gasteiger partial charge is 0.396 e. The quantitative estimate of drug-likeness (QED) is 0.334. The van der Waals surface area contributed by atoms with Crippen molar-refractivity contribution in [3.63, 3.8) is 0 Å². The van der Waals surface area contributed by atoms with Crippen molar-refractivity contribution in [2.75, 3.05) is 17.2 Å². The zero-order chi connectivity index (χ0) is 25.5. The summed E-state index contributed by atoms with van der Waals surface area (Å²) < 4.78 is 40.9. The molecule has 2 aromatic heterocycles. The van der Waals surface area contributed by atoms with Gasteiger partial charge < -0.3 is 15.7 Å². The SMILES string of the molecule is CCc1c(-c2c(C)nc(NC(C)C(F)(F)F)nc2NC2CC(CO)C(C)C2C)sc2ccccc12. The Balaban J connectivity index is 1.83. The third-order valence-corrected chi connectivity index (χ3v) is 8.76. The van der Waals surface area contributed by atoms with Gasteiger partial charge in [0.25, 0.3) is 0 Å². The maximum atomic E-state index is 13.2. The van der Waals surface area contributed by atoms with E-state index in [1.807, 2.05) is 19.1 Å². The molecular weight excluding hydrogens is 473 g/mol. The second kappa shape index (κ2) is 9.93. The first-order valence-electron chi connectivity index (χ1n) is 12.1. The molecule has 3 N–H and O–H groups in total. The highest BCUT2D eigenvalue weighted by atomic mass is 32.1. The zero-order valence-corrected chi connectivity index (χ0v) is 21.5. The van der Waals surface area contributed by atoms with E-state index in [1.165, 1.54) is 10.9 Å². The highest BCUT2D eigenvalue weighted by molar-refractivity contribution is 7.22. The van der Waals surface area contributed by atoms with Crippen molar-refractivity contribution >= 4 is 33.2 Å². The van der Waals surface area contributed by atoms with Gasteiger partial charge in [0.2, 0.25) is 5.95 Å². The molecule has 5 atom stereocenters. The second-order valence-electron chi connectivity index (χ2n) is 9.67. The summed E-state index contributed by atoms with van der Waals surface area (Å²) in [4.78, 5) is 10.1. The van der Waals surface area contributed by atoms with Gasteiger partial charge in [-0.15, -0.1) is 11.3 Å². The maximum absolute atomic E-state index is 13.2. The number of aliphatic hydroxyl groups is 1. The molecule has 190 valence electrons. The first kappa shape index (κ1) is 25.7. The lowest BCUT2D eigenvalue weighted by Gasteiger charge is -2.24. The van der Waals surface area contributed by atoms with Crippen molar-refractivity contribution in [2.45, 2.75) is 65.7 Å². The van der Waals surface area contributed by atoms with E-state index in [0.717, 1.165) is 34.9 Å². The molecule has 9 heteroatoms. The van der Waals surface area contributed by atoms with Gasteiger partial charge in [0.15, 0.2) is 0 Å². The van der Waals surface area contributed by atoms with Gasteiger partial charge in [-0.2, -0.15) is 18.2 Å². The standard InChI is InChI=1S/C26H33F3N4OS/c1-6-18-19-9-7-8-10-21(19)35-23(18)22-15(4)30-25(31-16(5)26(27,28)29)33-24(22)32-20-11-17(12-34)13(2)14(20)3/h7-10,13-14,16-17,20,34H,6,11-12H2,1-5H3,(H2,30,31,32,33). The first-order valence-corrected chi connectivity index (χ1v) is 13.0. The van der Waals surface area contributed by atoms with Crippen LogP contribution >= 0.6 is 11.3 Å². The zero-order valence-electron chi connectivity index (χ0n) is 20.7. The largest absolute Gasteiger partial charge is 0.408 e. The summed E-state index contributed by atoms with van der Waals surface area (Å²) in [6, 6.07) is 6.47. The Hall–Kier alpha value is -2.39. The number of hydrogen-bond donors (Lipinski definition) is 3. The minimum absolute atomic E-state index is 0.0440. The summed E-state index contributed by atoms with van der Waals surface area (Å²) in [7, 11) is 0. The molecule has 1 saturated carbocycles. The van der Waals surface area contributed by atoms with Crippen molar-refractivity contribution in [2.24, 2.45) is 17.8 Å². The van der Waals surface area contributed by atoms with E-state index in [-0.39, 0.29) is 30.4 Å². The van der Waals surface area contributed by atoms with Crippen LogP contribution in [0.25, 0.3) is 20.5 Å². The predicted molar refractivity (Wildman–Crippen MR) is 137 cm³/mol. The molecule has 1 fully saturated rings. The average Bonchev–Trinajstić information content (AvgIpc) is 3.30. The van der Waals surface area contributed by atoms with Crippen LogP contribution in [0.4, 0.5) is 24.9 Å². The van der Waals surface area contributed by atoms with Crippen LogP contribution in [0.5, 0.6) is 0 Å². The van der Waals surface area contributed by atoms with E-state index >= 15 is 0 Å². The molecule has 1 aromatic carbocycles. The number of halogens is 3. The van der Waals surface area contributed by atoms with Crippen molar-refractivity contribution in [1.82, 2.24) is 9.97 Å². The molecular formula is C26H33F3N4OS. The monoisotopic (exact) mass is 506 g/mol. The number of hydrogen-bond acceptors (Lipinski definition) is 6. The molecule has 0 amide bonds. The molecule has 0 bridgehead atoms. The number of thiophene rings is 1. The summed E-state index contributed by atoms with van der Waals surface area (Å²) >= 11 is 1.66. The van der Waals surface area contributed by atoms with E-state index in [1.54, 1.807) is 11.3 Å². The third-order valence-electron chi connectivity index (χ3n) is 7.53. The van der Waals surface area contributed by atoms with Crippen molar-refractivity contribution < 1.29 is 18.3 Å². The molecule has 0 saturated heterocycles. The van der Waals surface area contributed by atoms with Crippen molar-refractivity contribution in [3.05, 3.63) is 35.5 Å². The summed E-state index contributed by atoms with van der Waals surface area (Å²) in [5.41, 5.74) is 2.64. The molecule has 3 aromatic rings. The van der Waals surface area contributed by atoms with Gasteiger partial charge in [0.05, 0.1) is 11.3 Å². The Morgan fingerprint density at radius 2 is 1.89 bits per heavy atom. The van der Waals surface area contributed by atoms with Gasteiger partial charge in [0, 0.05) is 22.2 Å². The van der Waals surface area contributed by atoms with Crippen LogP contribution in [-0.2, 0) is 6.42 Å². The van der Waals surface area contributed by atoms with E-state index in [9.17, 15) is 18.3 Å². The Labute approximate surface area is 208 Å². The molecule has 2 heterocycles. The second-order valence-corrected chi connectivity index (χ2v) is 10.7. The number of aliphatic hydroxyl groups excluding tert-OH is 1. The van der Waals surface area contributed by atoms with Gasteiger partial charge in [-0.1, -0.05) is 39.0 Å². The van der Waals surface area contributed by atoms with Gasteiger partial charge in [-0.3, -0.25) is 0 Å². The number of benzene rings is 1. The van der Waals surface area contributed by atoms with E-state index in [4.69, 9.17) is 0 Å². The van der Waals surface area contributed by atoms with Crippen LogP contribution in [0.1, 0.15) is 45.4 Å². The fourth-order valence-corrected chi connectivity index (χ4v) is 6.49. The number of aryl methyl sites for hydroxylation is 2. The lowest BCUT2D eigenvalue weighted by atomic mass is 9.92. The predicted octanol–water partition coefficient (Wildman–Crippen LogP) is 6.66. The Morgan fingerprint density at radius 1 is 1.17 bits per heavy atom. The summed E-state index contributed by atoms with van der Waals surface area (Å²) in [5.74, 6) is 1.26. The van der Waals surface area contributed by atoms with Crippen LogP contribution < -0.4 is 10.6 Å². The minimum Gasteiger partial charge on any atom is -0.396 e. The lowest BCUT2D eigenvalue weighted by molar-refractivity contribution is -0.138. The first-order chi connectivity index (χ1) is 16.5. The average molecular weight is 507 g/mol. The third kappa shape index (κ3) is 4.98.